The van der Waals surface area contributed by atoms with Crippen molar-refractivity contribution in [1.29, 1.82) is 0 Å². The van der Waals surface area contributed by atoms with Gasteiger partial charge < -0.3 is 4.74 Å². The van der Waals surface area contributed by atoms with Crippen molar-refractivity contribution in [3.63, 3.8) is 0 Å². The molecule has 0 spiro atoms. The third-order valence-corrected chi connectivity index (χ3v) is 4.87. The number of aromatic amines is 1. The maximum absolute atomic E-state index is 6.16. The summed E-state index contributed by atoms with van der Waals surface area (Å²) in [7, 11) is 0. The lowest BCUT2D eigenvalue weighted by molar-refractivity contribution is 0.306. The number of nitrogens with one attached hydrogen (secondary N) is 1. The van der Waals surface area contributed by atoms with Crippen LogP contribution in [0.4, 0.5) is 0 Å². The van der Waals surface area contributed by atoms with Crippen molar-refractivity contribution >= 4 is 30.0 Å². The number of nitrogens with zero attached hydrogens (tertiary/aromatic N) is 3. The molecule has 0 saturated carbocycles. The minimum Gasteiger partial charge on any atom is -0.489 e. The molecule has 0 bridgehead atoms. The van der Waals surface area contributed by atoms with E-state index in [1.54, 1.807) is 10.9 Å². The van der Waals surface area contributed by atoms with E-state index in [1.165, 1.54) is 0 Å². The number of hydrogen-bond donors (Lipinski definition) is 1. The Morgan fingerprint density at radius 1 is 1.00 bits per heavy atom. The van der Waals surface area contributed by atoms with Crippen LogP contribution in [0.5, 0.6) is 5.75 Å². The summed E-state index contributed by atoms with van der Waals surface area (Å²) >= 11 is 11.5. The maximum atomic E-state index is 6.16. The molecule has 4 aromatic rings. The van der Waals surface area contributed by atoms with Crippen LogP contribution in [0.2, 0.25) is 5.02 Å². The van der Waals surface area contributed by atoms with Crippen LogP contribution in [-0.2, 0) is 6.61 Å². The lowest BCUT2D eigenvalue weighted by atomic mass is 10.2. The Bertz CT molecular complexity index is 1180. The average molecular weight is 421 g/mol. The molecule has 0 aliphatic rings. The van der Waals surface area contributed by atoms with Gasteiger partial charge in [0.25, 0.3) is 0 Å². The highest BCUT2D eigenvalue weighted by Gasteiger charge is 2.07. The van der Waals surface area contributed by atoms with Crippen molar-refractivity contribution in [3.8, 4) is 17.1 Å². The Morgan fingerprint density at radius 2 is 1.72 bits per heavy atom. The molecular formula is C22H17ClN4OS. The van der Waals surface area contributed by atoms with Gasteiger partial charge in [0.2, 0.25) is 4.77 Å². The minimum absolute atomic E-state index is 0.414. The van der Waals surface area contributed by atoms with E-state index in [0.717, 1.165) is 22.4 Å². The molecule has 0 amide bonds. The second-order valence-corrected chi connectivity index (χ2v) is 7.02. The van der Waals surface area contributed by atoms with Gasteiger partial charge >= 0.3 is 0 Å². The zero-order chi connectivity index (χ0) is 20.1. The molecule has 144 valence electrons. The molecule has 1 aromatic heterocycles. The quantitative estimate of drug-likeness (QED) is 0.320. The first-order valence-corrected chi connectivity index (χ1v) is 9.73. The van der Waals surface area contributed by atoms with Crippen LogP contribution in [-0.4, -0.2) is 21.1 Å². The van der Waals surface area contributed by atoms with E-state index in [0.29, 0.717) is 22.2 Å². The average Bonchev–Trinajstić information content (AvgIpc) is 3.13. The lowest BCUT2D eigenvalue weighted by Crippen LogP contribution is -1.97. The second-order valence-electron chi connectivity index (χ2n) is 6.22. The van der Waals surface area contributed by atoms with Crippen molar-refractivity contribution < 1.29 is 4.74 Å². The molecular weight excluding hydrogens is 404 g/mol. The normalized spacial score (nSPS) is 11.1. The Hall–Kier alpha value is -3.22. The van der Waals surface area contributed by atoms with Gasteiger partial charge in [-0.3, -0.25) is 0 Å². The molecule has 0 aliphatic heterocycles. The molecule has 0 saturated heterocycles. The topological polar surface area (TPSA) is 55.2 Å². The maximum Gasteiger partial charge on any atom is 0.216 e. The third kappa shape index (κ3) is 4.62. The summed E-state index contributed by atoms with van der Waals surface area (Å²) in [4.78, 5) is 0. The van der Waals surface area contributed by atoms with E-state index in [9.17, 15) is 0 Å². The molecule has 0 aliphatic carbocycles. The Morgan fingerprint density at radius 3 is 2.48 bits per heavy atom. The number of hydrogen-bond acceptors (Lipinski definition) is 4. The van der Waals surface area contributed by atoms with Gasteiger partial charge in [-0.2, -0.15) is 14.9 Å². The van der Waals surface area contributed by atoms with Crippen molar-refractivity contribution in [2.45, 2.75) is 6.61 Å². The van der Waals surface area contributed by atoms with Gasteiger partial charge in [0, 0.05) is 16.1 Å². The standard InChI is InChI=1S/C22H17ClN4OS/c23-20-9-5-4-8-18(20)15-28-19-12-10-16(11-13-19)14-24-27-21(25-26-22(27)29)17-6-2-1-3-7-17/h1-14H,15H2,(H,26,29)/b24-14-. The van der Waals surface area contributed by atoms with Gasteiger partial charge in [-0.05, 0) is 48.1 Å². The fourth-order valence-electron chi connectivity index (χ4n) is 2.72. The van der Waals surface area contributed by atoms with Crippen LogP contribution in [0.25, 0.3) is 11.4 Å². The lowest BCUT2D eigenvalue weighted by Gasteiger charge is -2.07. The van der Waals surface area contributed by atoms with E-state index in [-0.39, 0.29) is 0 Å². The summed E-state index contributed by atoms with van der Waals surface area (Å²) in [5.41, 5.74) is 2.79. The smallest absolute Gasteiger partial charge is 0.216 e. The number of aromatic nitrogens is 3. The van der Waals surface area contributed by atoms with Crippen molar-refractivity contribution in [1.82, 2.24) is 14.9 Å². The zero-order valence-corrected chi connectivity index (χ0v) is 16.9. The minimum atomic E-state index is 0.414. The van der Waals surface area contributed by atoms with Crippen LogP contribution < -0.4 is 4.74 Å². The third-order valence-electron chi connectivity index (χ3n) is 4.24. The predicted molar refractivity (Wildman–Crippen MR) is 118 cm³/mol. The van der Waals surface area contributed by atoms with E-state index in [1.807, 2.05) is 78.9 Å². The predicted octanol–water partition coefficient (Wildman–Crippen LogP) is 5.72. The van der Waals surface area contributed by atoms with Crippen LogP contribution in [0.1, 0.15) is 11.1 Å². The van der Waals surface area contributed by atoms with Crippen LogP contribution in [0.15, 0.2) is 84.0 Å². The fraction of sp³-hybridized carbons (Fsp3) is 0.0455. The molecule has 0 radical (unpaired) electrons. The Kier molecular flexibility index (Phi) is 5.84. The highest BCUT2D eigenvalue weighted by Crippen LogP contribution is 2.19. The summed E-state index contributed by atoms with van der Waals surface area (Å²) in [5, 5.41) is 12.2. The molecule has 3 aromatic carbocycles. The fourth-order valence-corrected chi connectivity index (χ4v) is 3.09. The molecule has 0 atom stereocenters. The molecule has 5 nitrogen and oxygen atoms in total. The number of H-pyrrole nitrogens is 1. The number of benzene rings is 3. The van der Waals surface area contributed by atoms with E-state index in [2.05, 4.69) is 15.3 Å². The SMILES string of the molecule is S=c1[nH]nc(-c2ccccc2)n1/N=C\c1ccc(OCc2ccccc2Cl)cc1. The first-order valence-electron chi connectivity index (χ1n) is 8.94. The first-order chi connectivity index (χ1) is 14.2. The molecule has 1 heterocycles. The molecule has 29 heavy (non-hydrogen) atoms. The van der Waals surface area contributed by atoms with Crippen LogP contribution in [0.3, 0.4) is 0 Å². The zero-order valence-electron chi connectivity index (χ0n) is 15.3. The van der Waals surface area contributed by atoms with E-state index >= 15 is 0 Å². The number of halogens is 1. The highest BCUT2D eigenvalue weighted by molar-refractivity contribution is 7.71. The molecule has 0 unspecified atom stereocenters. The second kappa shape index (κ2) is 8.86. The Balaban J connectivity index is 1.47. The van der Waals surface area contributed by atoms with Gasteiger partial charge in [-0.1, -0.05) is 60.1 Å². The number of rotatable bonds is 6. The monoisotopic (exact) mass is 420 g/mol. The highest BCUT2D eigenvalue weighted by atomic mass is 35.5. The van der Waals surface area contributed by atoms with Gasteiger partial charge in [-0.15, -0.1) is 0 Å². The van der Waals surface area contributed by atoms with Crippen molar-refractivity contribution in [3.05, 3.63) is 99.8 Å². The van der Waals surface area contributed by atoms with Gasteiger partial charge in [-0.25, -0.2) is 5.10 Å². The Labute approximate surface area is 178 Å². The summed E-state index contributed by atoms with van der Waals surface area (Å²) in [6.07, 6.45) is 1.73. The molecule has 4 rings (SSSR count). The first kappa shape index (κ1) is 19.1. The van der Waals surface area contributed by atoms with Crippen molar-refractivity contribution in [2.75, 3.05) is 0 Å². The summed E-state index contributed by atoms with van der Waals surface area (Å²) in [5.74, 6) is 1.42. The van der Waals surface area contributed by atoms with Crippen LogP contribution in [0, 0.1) is 4.77 Å². The van der Waals surface area contributed by atoms with Gasteiger partial charge in [0.05, 0.1) is 6.21 Å². The van der Waals surface area contributed by atoms with Gasteiger partial charge in [0.1, 0.15) is 12.4 Å². The van der Waals surface area contributed by atoms with Gasteiger partial charge in [0.15, 0.2) is 5.82 Å². The summed E-state index contributed by atoms with van der Waals surface area (Å²) < 4.78 is 7.84. The van der Waals surface area contributed by atoms with E-state index < -0.39 is 0 Å². The summed E-state index contributed by atoms with van der Waals surface area (Å²) in [6, 6.07) is 25.0. The molecule has 1 N–H and O–H groups in total. The number of ether oxygens (including phenoxy) is 1. The van der Waals surface area contributed by atoms with Crippen LogP contribution >= 0.6 is 23.8 Å². The van der Waals surface area contributed by atoms with E-state index in [4.69, 9.17) is 28.6 Å². The molecule has 0 fully saturated rings. The largest absolute Gasteiger partial charge is 0.489 e. The van der Waals surface area contributed by atoms with Crippen molar-refractivity contribution in [2.24, 2.45) is 5.10 Å². The summed E-state index contributed by atoms with van der Waals surface area (Å²) in [6.45, 7) is 0.414. The molecule has 7 heteroatoms.